The number of carbonyl (C=O) groups is 2. The van der Waals surface area contributed by atoms with Gasteiger partial charge in [0.15, 0.2) is 0 Å². The van der Waals surface area contributed by atoms with Gasteiger partial charge in [0.2, 0.25) is 0 Å². The maximum Gasteiger partial charge on any atom is 0.253 e. The van der Waals surface area contributed by atoms with E-state index in [0.29, 0.717) is 24.2 Å². The third kappa shape index (κ3) is 4.68. The molecule has 0 aliphatic carbocycles. The summed E-state index contributed by atoms with van der Waals surface area (Å²) in [7, 11) is 1.82. The first-order chi connectivity index (χ1) is 13.6. The quantitative estimate of drug-likeness (QED) is 0.773. The Kier molecular flexibility index (Phi) is 6.63. The lowest BCUT2D eigenvalue weighted by molar-refractivity contribution is 0.0743. The molecule has 0 N–H and O–H groups in total. The Balaban J connectivity index is 1.57. The minimum Gasteiger partial charge on any atom is -0.353 e. The SMILES string of the molecule is CCCCN(C)C(=O)c1ccc(C(=O)N2CCN(c3ccccn3)CC2)cc1. The van der Waals surface area contributed by atoms with Crippen molar-refractivity contribution in [1.29, 1.82) is 0 Å². The van der Waals surface area contributed by atoms with Crippen molar-refractivity contribution in [3.63, 3.8) is 0 Å². The molecule has 148 valence electrons. The molecule has 0 unspecified atom stereocenters. The van der Waals surface area contributed by atoms with E-state index in [4.69, 9.17) is 0 Å². The molecule has 1 fully saturated rings. The first kappa shape index (κ1) is 19.9. The molecule has 2 aromatic rings. The van der Waals surface area contributed by atoms with E-state index in [1.54, 1.807) is 35.4 Å². The van der Waals surface area contributed by atoms with E-state index in [0.717, 1.165) is 38.3 Å². The van der Waals surface area contributed by atoms with Crippen LogP contribution in [0.2, 0.25) is 0 Å². The Labute approximate surface area is 166 Å². The van der Waals surface area contributed by atoms with Gasteiger partial charge in [-0.3, -0.25) is 9.59 Å². The van der Waals surface area contributed by atoms with Crippen LogP contribution in [-0.2, 0) is 0 Å². The minimum absolute atomic E-state index is 0.00331. The molecule has 1 aliphatic heterocycles. The van der Waals surface area contributed by atoms with Gasteiger partial charge in [-0.15, -0.1) is 0 Å². The largest absolute Gasteiger partial charge is 0.353 e. The highest BCUT2D eigenvalue weighted by atomic mass is 16.2. The molecule has 0 bridgehead atoms. The number of nitrogens with zero attached hydrogens (tertiary/aromatic N) is 4. The fourth-order valence-electron chi connectivity index (χ4n) is 3.33. The van der Waals surface area contributed by atoms with Gasteiger partial charge in [0.05, 0.1) is 0 Å². The van der Waals surface area contributed by atoms with Crippen molar-refractivity contribution in [3.8, 4) is 0 Å². The van der Waals surface area contributed by atoms with Crippen molar-refractivity contribution in [3.05, 3.63) is 59.8 Å². The summed E-state index contributed by atoms with van der Waals surface area (Å²) in [5.74, 6) is 0.958. The van der Waals surface area contributed by atoms with Gasteiger partial charge in [-0.1, -0.05) is 19.4 Å². The molecule has 2 heterocycles. The van der Waals surface area contributed by atoms with Crippen LogP contribution in [0.25, 0.3) is 0 Å². The van der Waals surface area contributed by atoms with Gasteiger partial charge in [-0.2, -0.15) is 0 Å². The lowest BCUT2D eigenvalue weighted by Crippen LogP contribution is -2.49. The zero-order valence-electron chi connectivity index (χ0n) is 16.7. The Morgan fingerprint density at radius 2 is 1.68 bits per heavy atom. The smallest absolute Gasteiger partial charge is 0.253 e. The molecule has 6 heteroatoms. The maximum atomic E-state index is 12.8. The van der Waals surface area contributed by atoms with Crippen LogP contribution < -0.4 is 4.90 Å². The molecule has 1 aliphatic rings. The number of hydrogen-bond acceptors (Lipinski definition) is 4. The second-order valence-corrected chi connectivity index (χ2v) is 7.12. The summed E-state index contributed by atoms with van der Waals surface area (Å²) in [6, 6.07) is 12.9. The molecule has 28 heavy (non-hydrogen) atoms. The van der Waals surface area contributed by atoms with Crippen molar-refractivity contribution in [2.24, 2.45) is 0 Å². The van der Waals surface area contributed by atoms with Gasteiger partial charge >= 0.3 is 0 Å². The summed E-state index contributed by atoms with van der Waals surface area (Å²) < 4.78 is 0. The predicted molar refractivity (Wildman–Crippen MR) is 111 cm³/mol. The molecule has 2 amide bonds. The summed E-state index contributed by atoms with van der Waals surface area (Å²) in [5, 5.41) is 0. The minimum atomic E-state index is -0.00331. The number of benzene rings is 1. The Hall–Kier alpha value is -2.89. The van der Waals surface area contributed by atoms with Gasteiger partial charge in [0.1, 0.15) is 5.82 Å². The standard InChI is InChI=1S/C22H28N4O2/c1-3-4-13-24(2)21(27)18-8-10-19(11-9-18)22(28)26-16-14-25(15-17-26)20-7-5-6-12-23-20/h5-12H,3-4,13-17H2,1-2H3. The van der Waals surface area contributed by atoms with Crippen LogP contribution in [0.5, 0.6) is 0 Å². The van der Waals surface area contributed by atoms with Crippen LogP contribution in [0, 0.1) is 0 Å². The fraction of sp³-hybridized carbons (Fsp3) is 0.409. The summed E-state index contributed by atoms with van der Waals surface area (Å²) in [5.41, 5.74) is 1.24. The lowest BCUT2D eigenvalue weighted by Gasteiger charge is -2.35. The molecule has 0 radical (unpaired) electrons. The fourth-order valence-corrected chi connectivity index (χ4v) is 3.33. The van der Waals surface area contributed by atoms with Gasteiger partial charge < -0.3 is 14.7 Å². The number of anilines is 1. The van der Waals surface area contributed by atoms with E-state index in [1.165, 1.54) is 0 Å². The summed E-state index contributed by atoms with van der Waals surface area (Å²) in [6.07, 6.45) is 3.83. The molecule has 1 aromatic carbocycles. The van der Waals surface area contributed by atoms with Gasteiger partial charge in [0.25, 0.3) is 11.8 Å². The third-order valence-electron chi connectivity index (χ3n) is 5.11. The zero-order valence-corrected chi connectivity index (χ0v) is 16.7. The third-order valence-corrected chi connectivity index (χ3v) is 5.11. The Morgan fingerprint density at radius 3 is 2.29 bits per heavy atom. The number of amides is 2. The van der Waals surface area contributed by atoms with Crippen molar-refractivity contribution < 1.29 is 9.59 Å². The van der Waals surface area contributed by atoms with E-state index in [9.17, 15) is 9.59 Å². The molecule has 0 saturated carbocycles. The number of rotatable bonds is 6. The van der Waals surface area contributed by atoms with E-state index in [-0.39, 0.29) is 11.8 Å². The Bertz CT molecular complexity index is 784. The number of piperazine rings is 1. The molecule has 1 saturated heterocycles. The number of hydrogen-bond donors (Lipinski definition) is 0. The van der Waals surface area contributed by atoms with Crippen molar-refractivity contribution in [2.45, 2.75) is 19.8 Å². The highest BCUT2D eigenvalue weighted by Gasteiger charge is 2.23. The predicted octanol–water partition coefficient (Wildman–Crippen LogP) is 2.92. The molecule has 1 aromatic heterocycles. The highest BCUT2D eigenvalue weighted by Crippen LogP contribution is 2.15. The first-order valence-electron chi connectivity index (χ1n) is 9.91. The second kappa shape index (κ2) is 9.35. The lowest BCUT2D eigenvalue weighted by atomic mass is 10.1. The van der Waals surface area contributed by atoms with Crippen LogP contribution in [-0.4, -0.2) is 66.4 Å². The second-order valence-electron chi connectivity index (χ2n) is 7.12. The molecule has 0 spiro atoms. The number of carbonyl (C=O) groups excluding carboxylic acids is 2. The van der Waals surface area contributed by atoms with E-state index < -0.39 is 0 Å². The average Bonchev–Trinajstić information content (AvgIpc) is 2.77. The van der Waals surface area contributed by atoms with Gasteiger partial charge in [0, 0.05) is 57.1 Å². The first-order valence-corrected chi connectivity index (χ1v) is 9.91. The van der Waals surface area contributed by atoms with Crippen molar-refractivity contribution >= 4 is 17.6 Å². The average molecular weight is 380 g/mol. The number of aromatic nitrogens is 1. The summed E-state index contributed by atoms with van der Waals surface area (Å²) in [4.78, 5) is 35.4. The Morgan fingerprint density at radius 1 is 1.00 bits per heavy atom. The number of unbranched alkanes of at least 4 members (excludes halogenated alkanes) is 1. The normalized spacial score (nSPS) is 14.1. The molecule has 3 rings (SSSR count). The van der Waals surface area contributed by atoms with E-state index in [1.807, 2.05) is 30.1 Å². The van der Waals surface area contributed by atoms with Crippen LogP contribution >= 0.6 is 0 Å². The zero-order chi connectivity index (χ0) is 19.9. The highest BCUT2D eigenvalue weighted by molar-refractivity contribution is 5.97. The van der Waals surface area contributed by atoms with Crippen LogP contribution in [0.3, 0.4) is 0 Å². The topological polar surface area (TPSA) is 56.8 Å². The number of pyridine rings is 1. The van der Waals surface area contributed by atoms with Gasteiger partial charge in [-0.25, -0.2) is 4.98 Å². The van der Waals surface area contributed by atoms with Crippen LogP contribution in [0.1, 0.15) is 40.5 Å². The van der Waals surface area contributed by atoms with Crippen LogP contribution in [0.4, 0.5) is 5.82 Å². The summed E-state index contributed by atoms with van der Waals surface area (Å²) >= 11 is 0. The summed E-state index contributed by atoms with van der Waals surface area (Å²) in [6.45, 7) is 5.71. The molecule has 6 nitrogen and oxygen atoms in total. The molecule has 0 atom stereocenters. The van der Waals surface area contributed by atoms with Crippen LogP contribution in [0.15, 0.2) is 48.7 Å². The van der Waals surface area contributed by atoms with Gasteiger partial charge in [-0.05, 0) is 42.8 Å². The molecular weight excluding hydrogens is 352 g/mol. The van der Waals surface area contributed by atoms with Crippen molar-refractivity contribution in [2.75, 3.05) is 44.7 Å². The maximum absolute atomic E-state index is 12.8. The van der Waals surface area contributed by atoms with E-state index in [2.05, 4.69) is 16.8 Å². The monoisotopic (exact) mass is 380 g/mol. The van der Waals surface area contributed by atoms with E-state index >= 15 is 0 Å². The molecular formula is C22H28N4O2. The van der Waals surface area contributed by atoms with Crippen molar-refractivity contribution in [1.82, 2.24) is 14.8 Å².